The highest BCUT2D eigenvalue weighted by Gasteiger charge is 2.56. The molecular formula is C12H12ClF2NO4. The first-order valence-electron chi connectivity index (χ1n) is 5.74. The van der Waals surface area contributed by atoms with Crippen molar-refractivity contribution in [3.63, 3.8) is 0 Å². The van der Waals surface area contributed by atoms with Gasteiger partial charge in [0.2, 0.25) is 0 Å². The third-order valence-corrected chi connectivity index (χ3v) is 3.64. The molecule has 1 aromatic rings. The maximum atomic E-state index is 14.1. The second-order valence-corrected chi connectivity index (χ2v) is 5.00. The van der Waals surface area contributed by atoms with E-state index in [0.29, 0.717) is 4.90 Å². The Balaban J connectivity index is 2.73. The predicted molar refractivity (Wildman–Crippen MR) is 67.4 cm³/mol. The van der Waals surface area contributed by atoms with Gasteiger partial charge in [0.25, 0.3) is 5.92 Å². The van der Waals surface area contributed by atoms with Crippen molar-refractivity contribution in [3.8, 4) is 0 Å². The zero-order chi connectivity index (χ0) is 15.1. The lowest BCUT2D eigenvalue weighted by atomic mass is 9.86. The van der Waals surface area contributed by atoms with Crippen molar-refractivity contribution in [1.29, 1.82) is 0 Å². The number of rotatable bonds is 1. The summed E-state index contributed by atoms with van der Waals surface area (Å²) < 4.78 is 28.2. The van der Waals surface area contributed by atoms with E-state index in [1.807, 2.05) is 0 Å². The summed E-state index contributed by atoms with van der Waals surface area (Å²) in [7, 11) is 0. The summed E-state index contributed by atoms with van der Waals surface area (Å²) in [6.07, 6.45) is -2.34. The van der Waals surface area contributed by atoms with E-state index in [4.69, 9.17) is 16.7 Å². The van der Waals surface area contributed by atoms with Crippen LogP contribution in [0.15, 0.2) is 18.2 Å². The number of amides is 1. The molecule has 110 valence electrons. The summed E-state index contributed by atoms with van der Waals surface area (Å²) in [4.78, 5) is 11.9. The van der Waals surface area contributed by atoms with Crippen LogP contribution in [0.5, 0.6) is 0 Å². The number of halogens is 3. The molecule has 5 nitrogen and oxygen atoms in total. The summed E-state index contributed by atoms with van der Waals surface area (Å²) in [5.74, 6) is -3.69. The van der Waals surface area contributed by atoms with Gasteiger partial charge in [-0.05, 0) is 18.2 Å². The van der Waals surface area contributed by atoms with Crippen molar-refractivity contribution >= 4 is 23.4 Å². The molecule has 0 saturated carbocycles. The molecule has 1 atom stereocenters. The van der Waals surface area contributed by atoms with E-state index in [1.165, 1.54) is 12.1 Å². The molecule has 1 aliphatic heterocycles. The van der Waals surface area contributed by atoms with Crippen LogP contribution in [0.4, 0.5) is 19.3 Å². The van der Waals surface area contributed by atoms with Gasteiger partial charge in [0.05, 0.1) is 12.3 Å². The maximum absolute atomic E-state index is 14.1. The van der Waals surface area contributed by atoms with Crippen LogP contribution in [0, 0.1) is 0 Å². The minimum Gasteiger partial charge on any atom is -0.465 e. The lowest BCUT2D eigenvalue weighted by Crippen LogP contribution is -2.48. The Labute approximate surface area is 118 Å². The van der Waals surface area contributed by atoms with Crippen molar-refractivity contribution in [3.05, 3.63) is 28.8 Å². The van der Waals surface area contributed by atoms with Gasteiger partial charge in [-0.25, -0.2) is 13.6 Å². The molecule has 1 unspecified atom stereocenters. The summed E-state index contributed by atoms with van der Waals surface area (Å²) in [6, 6.07) is 3.60. The number of carbonyl (C=O) groups is 1. The molecule has 1 aliphatic rings. The highest BCUT2D eigenvalue weighted by Crippen LogP contribution is 2.47. The highest BCUT2D eigenvalue weighted by molar-refractivity contribution is 6.30. The van der Waals surface area contributed by atoms with Crippen molar-refractivity contribution in [2.24, 2.45) is 0 Å². The Bertz CT molecular complexity index is 554. The Hall–Kier alpha value is -1.44. The number of anilines is 1. The van der Waals surface area contributed by atoms with E-state index in [9.17, 15) is 23.8 Å². The first-order chi connectivity index (χ1) is 9.23. The summed E-state index contributed by atoms with van der Waals surface area (Å²) >= 11 is 5.73. The number of carboxylic acid groups (broad SMARTS) is 1. The molecule has 20 heavy (non-hydrogen) atoms. The molecule has 0 radical (unpaired) electrons. The third kappa shape index (κ3) is 2.11. The molecule has 0 bridgehead atoms. The molecule has 3 N–H and O–H groups in total. The normalized spacial score (nSPS) is 24.9. The topological polar surface area (TPSA) is 81.0 Å². The zero-order valence-electron chi connectivity index (χ0n) is 10.2. The van der Waals surface area contributed by atoms with Crippen LogP contribution in [0.3, 0.4) is 0 Å². The first kappa shape index (κ1) is 15.0. The summed E-state index contributed by atoms with van der Waals surface area (Å²) in [5, 5.41) is 28.6. The van der Waals surface area contributed by atoms with Gasteiger partial charge >= 0.3 is 6.09 Å². The van der Waals surface area contributed by atoms with E-state index in [-0.39, 0.29) is 10.7 Å². The van der Waals surface area contributed by atoms with E-state index >= 15 is 0 Å². The fourth-order valence-electron chi connectivity index (χ4n) is 2.25. The minimum atomic E-state index is -3.69. The highest BCUT2D eigenvalue weighted by atomic mass is 35.5. The van der Waals surface area contributed by atoms with E-state index in [2.05, 4.69) is 0 Å². The standard InChI is InChI=1S/C12H12ClF2NO4/c13-7-1-2-9-8(5-7)11(20,6-17)12(14,15)3-4-16(9)10(18)19/h1-2,5,17,20H,3-4,6H2,(H,18,19). The Kier molecular flexibility index (Phi) is 3.62. The van der Waals surface area contributed by atoms with Gasteiger partial charge in [0, 0.05) is 23.6 Å². The number of alkyl halides is 2. The molecule has 1 amide bonds. The monoisotopic (exact) mass is 307 g/mol. The van der Waals surface area contributed by atoms with Gasteiger partial charge in [-0.15, -0.1) is 0 Å². The van der Waals surface area contributed by atoms with E-state index in [1.54, 1.807) is 0 Å². The van der Waals surface area contributed by atoms with Crippen LogP contribution in [-0.2, 0) is 5.60 Å². The third-order valence-electron chi connectivity index (χ3n) is 3.41. The first-order valence-corrected chi connectivity index (χ1v) is 6.12. The van der Waals surface area contributed by atoms with Crippen LogP contribution < -0.4 is 4.90 Å². The maximum Gasteiger partial charge on any atom is 0.411 e. The molecule has 1 heterocycles. The second-order valence-electron chi connectivity index (χ2n) is 4.57. The predicted octanol–water partition coefficient (Wildman–Crippen LogP) is 2.04. The smallest absolute Gasteiger partial charge is 0.411 e. The van der Waals surface area contributed by atoms with E-state index < -0.39 is 42.8 Å². The van der Waals surface area contributed by atoms with Gasteiger partial charge in [-0.3, -0.25) is 4.90 Å². The number of hydrogen-bond acceptors (Lipinski definition) is 3. The van der Waals surface area contributed by atoms with Gasteiger partial charge in [0.15, 0.2) is 5.60 Å². The lowest BCUT2D eigenvalue weighted by molar-refractivity contribution is -0.205. The lowest BCUT2D eigenvalue weighted by Gasteiger charge is -2.33. The van der Waals surface area contributed by atoms with Crippen LogP contribution in [0.25, 0.3) is 0 Å². The number of aliphatic hydroxyl groups excluding tert-OH is 1. The Morgan fingerprint density at radius 3 is 2.65 bits per heavy atom. The molecule has 8 heteroatoms. The average Bonchev–Trinajstić information content (AvgIpc) is 2.45. The quantitative estimate of drug-likeness (QED) is 0.741. The summed E-state index contributed by atoms with van der Waals surface area (Å²) in [6.45, 7) is -1.75. The second kappa shape index (κ2) is 4.83. The SMILES string of the molecule is O=C(O)N1CCC(F)(F)C(O)(CO)c2cc(Cl)ccc21. The fourth-order valence-corrected chi connectivity index (χ4v) is 2.42. The molecule has 0 saturated heterocycles. The molecule has 2 rings (SSSR count). The molecule has 0 spiro atoms. The average molecular weight is 308 g/mol. The van der Waals surface area contributed by atoms with Crippen LogP contribution in [-0.4, -0.2) is 40.5 Å². The van der Waals surface area contributed by atoms with Gasteiger partial charge < -0.3 is 15.3 Å². The van der Waals surface area contributed by atoms with Gasteiger partial charge in [0.1, 0.15) is 0 Å². The Morgan fingerprint density at radius 2 is 2.10 bits per heavy atom. The van der Waals surface area contributed by atoms with Crippen LogP contribution in [0.1, 0.15) is 12.0 Å². The van der Waals surface area contributed by atoms with Gasteiger partial charge in [-0.2, -0.15) is 0 Å². The number of nitrogens with zero attached hydrogens (tertiary/aromatic N) is 1. The van der Waals surface area contributed by atoms with E-state index in [0.717, 1.165) is 6.07 Å². The fraction of sp³-hybridized carbons (Fsp3) is 0.417. The van der Waals surface area contributed by atoms with Crippen LogP contribution in [0.2, 0.25) is 5.02 Å². The van der Waals surface area contributed by atoms with Crippen molar-refractivity contribution in [2.75, 3.05) is 18.1 Å². The van der Waals surface area contributed by atoms with Crippen molar-refractivity contribution < 1.29 is 28.9 Å². The molecular weight excluding hydrogens is 296 g/mol. The largest absolute Gasteiger partial charge is 0.465 e. The summed E-state index contributed by atoms with van der Waals surface area (Å²) in [5.41, 5.74) is -3.40. The molecule has 1 aromatic carbocycles. The number of hydrogen-bond donors (Lipinski definition) is 3. The number of fused-ring (bicyclic) bond motifs is 1. The zero-order valence-corrected chi connectivity index (χ0v) is 10.9. The van der Waals surface area contributed by atoms with Crippen molar-refractivity contribution in [1.82, 2.24) is 0 Å². The number of aliphatic hydroxyl groups is 2. The molecule has 0 aliphatic carbocycles. The van der Waals surface area contributed by atoms with Crippen molar-refractivity contribution in [2.45, 2.75) is 17.9 Å². The molecule has 0 fully saturated rings. The minimum absolute atomic E-state index is 0.0543. The van der Waals surface area contributed by atoms with Crippen LogP contribution >= 0.6 is 11.6 Å². The molecule has 0 aromatic heterocycles. The van der Waals surface area contributed by atoms with Gasteiger partial charge in [-0.1, -0.05) is 11.6 Å². The number of benzene rings is 1. The Morgan fingerprint density at radius 1 is 1.45 bits per heavy atom.